The summed E-state index contributed by atoms with van der Waals surface area (Å²) in [5.41, 5.74) is 5.41. The molecule has 3 atom stereocenters. The van der Waals surface area contributed by atoms with Gasteiger partial charge in [0.1, 0.15) is 5.78 Å². The Morgan fingerprint density at radius 2 is 2.00 bits per heavy atom. The number of piperidine rings is 1. The average Bonchev–Trinajstić information content (AvgIpc) is 2.79. The molecule has 0 N–H and O–H groups in total. The van der Waals surface area contributed by atoms with Crippen LogP contribution in [0.25, 0.3) is 0 Å². The Labute approximate surface area is 163 Å². The number of Topliss-reactive ketones (excluding diaryl/α,β-unsaturated/α-hetero) is 1. The molecule has 3 nitrogen and oxygen atoms in total. The third-order valence-electron chi connectivity index (χ3n) is 6.17. The molecular formula is C22H25BrN2O. The Hall–Kier alpha value is -1.52. The second-order valence-electron chi connectivity index (χ2n) is 7.77. The first kappa shape index (κ1) is 17.9. The van der Waals surface area contributed by atoms with E-state index in [-0.39, 0.29) is 17.7 Å². The van der Waals surface area contributed by atoms with Crippen molar-refractivity contribution < 1.29 is 4.79 Å². The van der Waals surface area contributed by atoms with Gasteiger partial charge in [-0.25, -0.2) is 0 Å². The van der Waals surface area contributed by atoms with Gasteiger partial charge in [0, 0.05) is 16.6 Å². The Morgan fingerprint density at radius 3 is 2.81 bits per heavy atom. The molecule has 0 bridgehead atoms. The van der Waals surface area contributed by atoms with E-state index in [1.54, 1.807) is 6.92 Å². The van der Waals surface area contributed by atoms with E-state index >= 15 is 0 Å². The van der Waals surface area contributed by atoms with Crippen LogP contribution in [0.4, 0.5) is 0 Å². The van der Waals surface area contributed by atoms with Crippen LogP contribution in [-0.4, -0.2) is 35.3 Å². The van der Waals surface area contributed by atoms with Gasteiger partial charge in [0.15, 0.2) is 0 Å². The molecule has 2 aliphatic rings. The molecule has 136 valence electrons. The van der Waals surface area contributed by atoms with Crippen molar-refractivity contribution in [1.82, 2.24) is 9.88 Å². The summed E-state index contributed by atoms with van der Waals surface area (Å²) in [4.78, 5) is 19.3. The highest BCUT2D eigenvalue weighted by Gasteiger charge is 2.37. The van der Waals surface area contributed by atoms with Gasteiger partial charge in [0.2, 0.25) is 0 Å². The lowest BCUT2D eigenvalue weighted by atomic mass is 9.74. The van der Waals surface area contributed by atoms with Crippen molar-refractivity contribution >= 4 is 21.7 Å². The number of aromatic nitrogens is 1. The lowest BCUT2D eigenvalue weighted by Crippen LogP contribution is -2.45. The van der Waals surface area contributed by atoms with Gasteiger partial charge < -0.3 is 0 Å². The lowest BCUT2D eigenvalue weighted by molar-refractivity contribution is -0.123. The number of rotatable bonds is 2. The molecule has 1 fully saturated rings. The maximum atomic E-state index is 12.2. The van der Waals surface area contributed by atoms with Gasteiger partial charge in [-0.1, -0.05) is 24.3 Å². The van der Waals surface area contributed by atoms with Crippen molar-refractivity contribution in [3.63, 3.8) is 0 Å². The predicted octanol–water partition coefficient (Wildman–Crippen LogP) is 4.37. The fourth-order valence-corrected chi connectivity index (χ4v) is 5.20. The van der Waals surface area contributed by atoms with Crippen LogP contribution in [0, 0.1) is 5.92 Å². The molecule has 1 aromatic carbocycles. The zero-order valence-electron chi connectivity index (χ0n) is 15.4. The van der Waals surface area contributed by atoms with Gasteiger partial charge >= 0.3 is 0 Å². The van der Waals surface area contributed by atoms with Crippen molar-refractivity contribution in [1.29, 1.82) is 0 Å². The Bertz CT molecular complexity index is 835. The van der Waals surface area contributed by atoms with E-state index < -0.39 is 0 Å². The van der Waals surface area contributed by atoms with E-state index in [2.05, 4.69) is 58.2 Å². The van der Waals surface area contributed by atoms with Gasteiger partial charge in [-0.2, -0.15) is 0 Å². The molecular weight excluding hydrogens is 388 g/mol. The second-order valence-corrected chi connectivity index (χ2v) is 8.68. The fraction of sp³-hybridized carbons (Fsp3) is 0.455. The molecule has 2 aromatic rings. The van der Waals surface area contributed by atoms with Crippen molar-refractivity contribution in [2.45, 2.75) is 44.6 Å². The van der Waals surface area contributed by atoms with Crippen LogP contribution in [0.3, 0.4) is 0 Å². The maximum absolute atomic E-state index is 12.2. The van der Waals surface area contributed by atoms with Gasteiger partial charge in [-0.15, -0.1) is 0 Å². The monoisotopic (exact) mass is 412 g/mol. The van der Waals surface area contributed by atoms with Gasteiger partial charge in [0.05, 0.1) is 11.7 Å². The molecule has 1 saturated heterocycles. The normalized spacial score (nSPS) is 25.9. The molecule has 4 rings (SSSR count). The third-order valence-corrected chi connectivity index (χ3v) is 6.60. The summed E-state index contributed by atoms with van der Waals surface area (Å²) in [6, 6.07) is 11.1. The minimum absolute atomic E-state index is 0.0306. The summed E-state index contributed by atoms with van der Waals surface area (Å²) in [6.45, 7) is 2.70. The van der Waals surface area contributed by atoms with Crippen LogP contribution < -0.4 is 0 Å². The molecule has 0 saturated carbocycles. The molecule has 0 radical (unpaired) electrons. The van der Waals surface area contributed by atoms with Gasteiger partial charge in [-0.05, 0) is 90.8 Å². The number of benzene rings is 1. The van der Waals surface area contributed by atoms with E-state index in [1.165, 1.54) is 22.4 Å². The number of hydrogen-bond donors (Lipinski definition) is 0. The zero-order valence-corrected chi connectivity index (χ0v) is 17.0. The predicted molar refractivity (Wildman–Crippen MR) is 107 cm³/mol. The standard InChI is InChI=1S/C22H25BrN2O/c1-14(26)20-12-16(9-10-25(20)2)21-19-6-4-3-5-15(19)7-8-17-11-18(23)13-24-22(17)21/h3-6,11,13,16,20-21H,7-10,12H2,1-2H3/t16?,20-,21?/m1/s1. The topological polar surface area (TPSA) is 33.2 Å². The quantitative estimate of drug-likeness (QED) is 0.733. The average molecular weight is 413 g/mol. The van der Waals surface area contributed by atoms with E-state index in [0.29, 0.717) is 5.92 Å². The minimum atomic E-state index is 0.0306. The Kier molecular flexibility index (Phi) is 4.98. The molecule has 0 spiro atoms. The second kappa shape index (κ2) is 7.24. The highest BCUT2D eigenvalue weighted by molar-refractivity contribution is 9.10. The number of carbonyl (C=O) groups excluding carboxylic acids is 1. The molecule has 2 heterocycles. The summed E-state index contributed by atoms with van der Waals surface area (Å²) in [6.07, 6.45) is 6.04. The Morgan fingerprint density at radius 1 is 1.23 bits per heavy atom. The molecule has 1 aliphatic carbocycles. The number of carbonyl (C=O) groups is 1. The SMILES string of the molecule is CC(=O)[C@H]1CC(C2c3ccccc3CCc3cc(Br)cnc32)CCN1C. The van der Waals surface area contributed by atoms with Crippen molar-refractivity contribution in [3.8, 4) is 0 Å². The third kappa shape index (κ3) is 3.25. The first-order valence-electron chi connectivity index (χ1n) is 9.47. The number of hydrogen-bond acceptors (Lipinski definition) is 3. The zero-order chi connectivity index (χ0) is 18.3. The molecule has 0 amide bonds. The Balaban J connectivity index is 1.80. The van der Waals surface area contributed by atoms with Crippen molar-refractivity contribution in [2.75, 3.05) is 13.6 Å². The van der Waals surface area contributed by atoms with E-state index in [9.17, 15) is 4.79 Å². The number of likely N-dealkylation sites (tertiary alicyclic amines) is 1. The smallest absolute Gasteiger partial charge is 0.146 e. The number of likely N-dealkylation sites (N-methyl/N-ethyl adjacent to an activating group) is 1. The first-order chi connectivity index (χ1) is 12.5. The number of ketones is 1. The molecule has 1 aromatic heterocycles. The van der Waals surface area contributed by atoms with Crippen LogP contribution >= 0.6 is 15.9 Å². The fourth-order valence-electron chi connectivity index (χ4n) is 4.82. The van der Waals surface area contributed by atoms with E-state index in [0.717, 1.165) is 36.7 Å². The van der Waals surface area contributed by atoms with E-state index in [1.807, 2.05) is 6.20 Å². The largest absolute Gasteiger partial charge is 0.298 e. The first-order valence-corrected chi connectivity index (χ1v) is 10.3. The molecule has 2 unspecified atom stereocenters. The number of aryl methyl sites for hydroxylation is 2. The van der Waals surface area contributed by atoms with Crippen LogP contribution in [-0.2, 0) is 17.6 Å². The molecule has 1 aliphatic heterocycles. The summed E-state index contributed by atoms with van der Waals surface area (Å²) in [5.74, 6) is 1.02. The summed E-state index contributed by atoms with van der Waals surface area (Å²) in [7, 11) is 2.08. The number of pyridine rings is 1. The van der Waals surface area contributed by atoms with Crippen molar-refractivity contribution in [2.24, 2.45) is 5.92 Å². The van der Waals surface area contributed by atoms with E-state index in [4.69, 9.17) is 4.98 Å². The minimum Gasteiger partial charge on any atom is -0.298 e. The highest BCUT2D eigenvalue weighted by Crippen LogP contribution is 2.43. The summed E-state index contributed by atoms with van der Waals surface area (Å²) >= 11 is 3.59. The summed E-state index contributed by atoms with van der Waals surface area (Å²) in [5, 5.41) is 0. The van der Waals surface area contributed by atoms with Gasteiger partial charge in [0.25, 0.3) is 0 Å². The number of halogens is 1. The molecule has 26 heavy (non-hydrogen) atoms. The van der Waals surface area contributed by atoms with Crippen molar-refractivity contribution in [3.05, 3.63) is 63.4 Å². The van der Waals surface area contributed by atoms with Crippen LogP contribution in [0.2, 0.25) is 0 Å². The number of fused-ring (bicyclic) bond motifs is 2. The molecule has 4 heteroatoms. The highest BCUT2D eigenvalue weighted by atomic mass is 79.9. The lowest BCUT2D eigenvalue weighted by Gasteiger charge is -2.39. The van der Waals surface area contributed by atoms with Gasteiger partial charge in [-0.3, -0.25) is 14.7 Å². The summed E-state index contributed by atoms with van der Waals surface area (Å²) < 4.78 is 1.05. The maximum Gasteiger partial charge on any atom is 0.146 e. The number of nitrogens with zero attached hydrogens (tertiary/aromatic N) is 2. The van der Waals surface area contributed by atoms with Crippen LogP contribution in [0.15, 0.2) is 41.0 Å². The van der Waals surface area contributed by atoms with Crippen LogP contribution in [0.1, 0.15) is 48.1 Å². The van der Waals surface area contributed by atoms with Crippen LogP contribution in [0.5, 0.6) is 0 Å².